The van der Waals surface area contributed by atoms with Crippen molar-refractivity contribution in [3.8, 4) is 0 Å². The zero-order valence-corrected chi connectivity index (χ0v) is 12.2. The Bertz CT molecular complexity index is 444. The molecule has 2 rings (SSSR count). The molecule has 1 amide bonds. The Hall–Kier alpha value is -1.13. The fraction of sp³-hybridized carbons (Fsp3) is 0.571. The number of nitrogens with one attached hydrogen (secondary N) is 2. The second kappa shape index (κ2) is 6.35. The molecule has 0 saturated carbocycles. The van der Waals surface area contributed by atoms with E-state index in [0.29, 0.717) is 10.8 Å². The Labute approximate surface area is 119 Å². The SMILES string of the molecule is CC1CC[NH+]([C@@H](C)C(=O)Nc2cccnc2Cl)CC1. The lowest BCUT2D eigenvalue weighted by molar-refractivity contribution is -0.919. The Kier molecular flexibility index (Phi) is 4.77. The van der Waals surface area contributed by atoms with Gasteiger partial charge in [-0.05, 0) is 37.8 Å². The van der Waals surface area contributed by atoms with Crippen LogP contribution in [0, 0.1) is 5.92 Å². The Balaban J connectivity index is 1.94. The number of nitrogens with zero attached hydrogens (tertiary/aromatic N) is 1. The van der Waals surface area contributed by atoms with Gasteiger partial charge in [0.25, 0.3) is 5.91 Å². The fourth-order valence-corrected chi connectivity index (χ4v) is 2.64. The van der Waals surface area contributed by atoms with E-state index in [1.165, 1.54) is 17.7 Å². The summed E-state index contributed by atoms with van der Waals surface area (Å²) < 4.78 is 0. The van der Waals surface area contributed by atoms with Gasteiger partial charge in [-0.25, -0.2) is 4.98 Å². The van der Waals surface area contributed by atoms with E-state index in [4.69, 9.17) is 11.6 Å². The zero-order valence-electron chi connectivity index (χ0n) is 11.4. The molecule has 0 radical (unpaired) electrons. The minimum Gasteiger partial charge on any atom is -0.325 e. The van der Waals surface area contributed by atoms with Crippen LogP contribution >= 0.6 is 11.6 Å². The number of amides is 1. The monoisotopic (exact) mass is 282 g/mol. The van der Waals surface area contributed by atoms with Crippen molar-refractivity contribution in [2.24, 2.45) is 5.92 Å². The summed E-state index contributed by atoms with van der Waals surface area (Å²) in [5.41, 5.74) is 0.589. The molecule has 1 aromatic rings. The van der Waals surface area contributed by atoms with Crippen LogP contribution in [0.25, 0.3) is 0 Å². The smallest absolute Gasteiger partial charge is 0.282 e. The van der Waals surface area contributed by atoms with E-state index in [0.717, 1.165) is 19.0 Å². The number of quaternary nitrogens is 1. The van der Waals surface area contributed by atoms with Crippen LogP contribution in [-0.4, -0.2) is 30.0 Å². The molecule has 0 aliphatic carbocycles. The maximum Gasteiger partial charge on any atom is 0.282 e. The second-order valence-electron chi connectivity index (χ2n) is 5.39. The Morgan fingerprint density at radius 3 is 2.84 bits per heavy atom. The van der Waals surface area contributed by atoms with Crippen molar-refractivity contribution >= 4 is 23.2 Å². The average molecular weight is 283 g/mol. The summed E-state index contributed by atoms with van der Waals surface area (Å²) in [7, 11) is 0. The van der Waals surface area contributed by atoms with Gasteiger partial charge >= 0.3 is 0 Å². The molecule has 1 aromatic heterocycles. The van der Waals surface area contributed by atoms with Gasteiger partial charge in [-0.15, -0.1) is 0 Å². The summed E-state index contributed by atoms with van der Waals surface area (Å²) in [6.45, 7) is 6.38. The van der Waals surface area contributed by atoms with Crippen molar-refractivity contribution < 1.29 is 9.69 Å². The highest BCUT2D eigenvalue weighted by Crippen LogP contribution is 2.17. The largest absolute Gasteiger partial charge is 0.325 e. The number of carbonyl (C=O) groups excluding carboxylic acids is 1. The molecule has 1 aliphatic rings. The zero-order chi connectivity index (χ0) is 13.8. The molecule has 104 valence electrons. The van der Waals surface area contributed by atoms with Gasteiger partial charge in [0.2, 0.25) is 0 Å². The van der Waals surface area contributed by atoms with Crippen LogP contribution in [-0.2, 0) is 4.79 Å². The van der Waals surface area contributed by atoms with Crippen LogP contribution in [0.3, 0.4) is 0 Å². The summed E-state index contributed by atoms with van der Waals surface area (Å²) >= 11 is 5.95. The van der Waals surface area contributed by atoms with E-state index in [9.17, 15) is 4.79 Å². The van der Waals surface area contributed by atoms with Crippen LogP contribution in [0.1, 0.15) is 26.7 Å². The molecule has 19 heavy (non-hydrogen) atoms. The lowest BCUT2D eigenvalue weighted by Gasteiger charge is -2.31. The molecule has 1 fully saturated rings. The van der Waals surface area contributed by atoms with E-state index < -0.39 is 0 Å². The third kappa shape index (κ3) is 3.67. The topological polar surface area (TPSA) is 46.4 Å². The van der Waals surface area contributed by atoms with Crippen LogP contribution < -0.4 is 10.2 Å². The van der Waals surface area contributed by atoms with Gasteiger partial charge in [-0.3, -0.25) is 4.79 Å². The number of rotatable bonds is 3. The predicted molar refractivity (Wildman–Crippen MR) is 76.4 cm³/mol. The first-order valence-electron chi connectivity index (χ1n) is 6.84. The summed E-state index contributed by atoms with van der Waals surface area (Å²) in [5.74, 6) is 0.797. The normalized spacial score (nSPS) is 24.8. The van der Waals surface area contributed by atoms with E-state index in [2.05, 4.69) is 17.2 Å². The molecular weight excluding hydrogens is 262 g/mol. The van der Waals surface area contributed by atoms with Crippen molar-refractivity contribution in [3.05, 3.63) is 23.5 Å². The molecule has 2 N–H and O–H groups in total. The van der Waals surface area contributed by atoms with Gasteiger partial charge in [0.05, 0.1) is 18.8 Å². The quantitative estimate of drug-likeness (QED) is 0.823. The third-order valence-electron chi connectivity index (χ3n) is 3.94. The lowest BCUT2D eigenvalue weighted by Crippen LogP contribution is -3.17. The minimum atomic E-state index is -0.0521. The number of hydrogen-bond donors (Lipinski definition) is 2. The van der Waals surface area contributed by atoms with Gasteiger partial charge in [-0.2, -0.15) is 0 Å². The number of anilines is 1. The standard InChI is InChI=1S/C14H20ClN3O/c1-10-5-8-18(9-6-10)11(2)14(19)17-12-4-3-7-16-13(12)15/h3-4,7,10-11H,5-6,8-9H2,1-2H3,(H,17,19)/p+1/t11-/m0/s1. The molecule has 0 spiro atoms. The second-order valence-corrected chi connectivity index (χ2v) is 5.75. The predicted octanol–water partition coefficient (Wildman–Crippen LogP) is 1.38. The van der Waals surface area contributed by atoms with Gasteiger partial charge in [0.1, 0.15) is 0 Å². The number of hydrogen-bond acceptors (Lipinski definition) is 2. The maximum absolute atomic E-state index is 12.2. The van der Waals surface area contributed by atoms with Crippen molar-refractivity contribution in [1.29, 1.82) is 0 Å². The van der Waals surface area contributed by atoms with E-state index in [-0.39, 0.29) is 11.9 Å². The van der Waals surface area contributed by atoms with Crippen molar-refractivity contribution in [2.75, 3.05) is 18.4 Å². The molecule has 1 atom stereocenters. The van der Waals surface area contributed by atoms with Crippen molar-refractivity contribution in [2.45, 2.75) is 32.7 Å². The van der Waals surface area contributed by atoms with Crippen LogP contribution in [0.15, 0.2) is 18.3 Å². The number of halogens is 1. The van der Waals surface area contributed by atoms with E-state index in [1.54, 1.807) is 18.3 Å². The Morgan fingerprint density at radius 2 is 2.21 bits per heavy atom. The molecule has 4 nitrogen and oxygen atoms in total. The van der Waals surface area contributed by atoms with E-state index >= 15 is 0 Å². The first kappa shape index (κ1) is 14.3. The highest BCUT2D eigenvalue weighted by Gasteiger charge is 2.28. The minimum absolute atomic E-state index is 0.0134. The van der Waals surface area contributed by atoms with Gasteiger partial charge in [-0.1, -0.05) is 18.5 Å². The number of piperidine rings is 1. The number of likely N-dealkylation sites (tertiary alicyclic amines) is 1. The lowest BCUT2D eigenvalue weighted by atomic mass is 9.98. The van der Waals surface area contributed by atoms with Crippen LogP contribution in [0.5, 0.6) is 0 Å². The summed E-state index contributed by atoms with van der Waals surface area (Å²) in [5, 5.41) is 3.20. The summed E-state index contributed by atoms with van der Waals surface area (Å²) in [4.78, 5) is 17.5. The fourth-order valence-electron chi connectivity index (χ4n) is 2.47. The number of aromatic nitrogens is 1. The van der Waals surface area contributed by atoms with Crippen LogP contribution in [0.2, 0.25) is 5.15 Å². The summed E-state index contributed by atoms with van der Waals surface area (Å²) in [6, 6.07) is 3.48. The highest BCUT2D eigenvalue weighted by atomic mass is 35.5. The molecule has 2 heterocycles. The average Bonchev–Trinajstić information content (AvgIpc) is 2.41. The van der Waals surface area contributed by atoms with Crippen molar-refractivity contribution in [1.82, 2.24) is 4.98 Å². The molecule has 0 unspecified atom stereocenters. The summed E-state index contributed by atoms with van der Waals surface area (Å²) in [6.07, 6.45) is 4.00. The third-order valence-corrected chi connectivity index (χ3v) is 4.24. The Morgan fingerprint density at radius 1 is 1.53 bits per heavy atom. The maximum atomic E-state index is 12.2. The number of pyridine rings is 1. The van der Waals surface area contributed by atoms with Gasteiger partial charge in [0.15, 0.2) is 11.2 Å². The van der Waals surface area contributed by atoms with E-state index in [1.807, 2.05) is 6.92 Å². The molecule has 1 aliphatic heterocycles. The highest BCUT2D eigenvalue weighted by molar-refractivity contribution is 6.32. The number of carbonyl (C=O) groups is 1. The van der Waals surface area contributed by atoms with Crippen LogP contribution in [0.4, 0.5) is 5.69 Å². The van der Waals surface area contributed by atoms with Crippen molar-refractivity contribution in [3.63, 3.8) is 0 Å². The molecule has 5 heteroatoms. The molecule has 0 bridgehead atoms. The van der Waals surface area contributed by atoms with Gasteiger partial charge in [0, 0.05) is 6.20 Å². The molecule has 0 aromatic carbocycles. The first-order chi connectivity index (χ1) is 9.08. The molecular formula is C14H21ClN3O+. The van der Waals surface area contributed by atoms with Gasteiger partial charge < -0.3 is 10.2 Å². The molecule has 1 saturated heterocycles. The first-order valence-corrected chi connectivity index (χ1v) is 7.21.